The van der Waals surface area contributed by atoms with Gasteiger partial charge in [-0.05, 0) is 31.2 Å². The number of nitrogens with one attached hydrogen (secondary N) is 1. The maximum Gasteiger partial charge on any atom is 0.307 e. The molecular formula is C25H25N2OS+. The van der Waals surface area contributed by atoms with Crippen LogP contribution in [0.2, 0.25) is 0 Å². The molecule has 3 nitrogen and oxygen atoms in total. The molecule has 0 saturated heterocycles. The van der Waals surface area contributed by atoms with Gasteiger partial charge in [0.05, 0.1) is 12.0 Å². The Morgan fingerprint density at radius 3 is 2.28 bits per heavy atom. The summed E-state index contributed by atoms with van der Waals surface area (Å²) in [4.78, 5) is 0. The van der Waals surface area contributed by atoms with Crippen molar-refractivity contribution in [1.82, 2.24) is 0 Å². The van der Waals surface area contributed by atoms with Crippen LogP contribution in [0, 0.1) is 6.92 Å². The fourth-order valence-electron chi connectivity index (χ4n) is 3.57. The Balaban J connectivity index is 1.67. The first-order valence-corrected chi connectivity index (χ1v) is 10.7. The van der Waals surface area contributed by atoms with E-state index in [1.165, 1.54) is 5.56 Å². The smallest absolute Gasteiger partial charge is 0.307 e. The highest BCUT2D eigenvalue weighted by atomic mass is 32.2. The molecule has 146 valence electrons. The zero-order valence-electron chi connectivity index (χ0n) is 16.5. The highest BCUT2D eigenvalue weighted by Gasteiger charge is 2.50. The summed E-state index contributed by atoms with van der Waals surface area (Å²) in [7, 11) is 0. The predicted octanol–water partition coefficient (Wildman–Crippen LogP) is 5.65. The molecule has 0 fully saturated rings. The second-order valence-corrected chi connectivity index (χ2v) is 8.36. The number of benzene rings is 3. The van der Waals surface area contributed by atoms with E-state index in [4.69, 9.17) is 0 Å². The minimum Gasteiger partial charge on any atom is -0.359 e. The van der Waals surface area contributed by atoms with Crippen LogP contribution in [0.15, 0.2) is 97.2 Å². The Labute approximate surface area is 176 Å². The number of para-hydroxylation sites is 1. The predicted molar refractivity (Wildman–Crippen MR) is 123 cm³/mol. The summed E-state index contributed by atoms with van der Waals surface area (Å²) in [6, 6.07) is 28.2. The van der Waals surface area contributed by atoms with Gasteiger partial charge >= 0.3 is 5.72 Å². The van der Waals surface area contributed by atoms with Crippen molar-refractivity contribution in [3.63, 3.8) is 0 Å². The van der Waals surface area contributed by atoms with E-state index in [2.05, 4.69) is 47.7 Å². The van der Waals surface area contributed by atoms with Crippen LogP contribution in [0.4, 0.5) is 11.4 Å². The average molecular weight is 402 g/mol. The van der Waals surface area contributed by atoms with Crippen molar-refractivity contribution in [3.05, 3.63) is 108 Å². The van der Waals surface area contributed by atoms with E-state index in [0.717, 1.165) is 27.7 Å². The monoisotopic (exact) mass is 401 g/mol. The van der Waals surface area contributed by atoms with Crippen molar-refractivity contribution in [2.24, 2.45) is 0 Å². The van der Waals surface area contributed by atoms with E-state index in [-0.39, 0.29) is 0 Å². The molecule has 4 heteroatoms. The Hall–Kier alpha value is -2.82. The fraction of sp³-hybridized carbons (Fsp3) is 0.160. The van der Waals surface area contributed by atoms with Gasteiger partial charge < -0.3 is 10.4 Å². The number of hydrogen-bond donors (Lipinski definition) is 2. The topological polar surface area (TPSA) is 35.3 Å². The van der Waals surface area contributed by atoms with Crippen LogP contribution in [-0.2, 0) is 5.72 Å². The second-order valence-electron chi connectivity index (χ2n) is 7.31. The summed E-state index contributed by atoms with van der Waals surface area (Å²) in [5.41, 5.74) is 3.92. The Morgan fingerprint density at radius 1 is 1.00 bits per heavy atom. The quantitative estimate of drug-likeness (QED) is 0.524. The van der Waals surface area contributed by atoms with Crippen LogP contribution in [-0.4, -0.2) is 20.5 Å². The van der Waals surface area contributed by atoms with Crippen molar-refractivity contribution >= 4 is 28.2 Å². The Morgan fingerprint density at radius 2 is 1.62 bits per heavy atom. The van der Waals surface area contributed by atoms with E-state index >= 15 is 0 Å². The highest BCUT2D eigenvalue weighted by Crippen LogP contribution is 2.40. The van der Waals surface area contributed by atoms with Gasteiger partial charge in [0.15, 0.2) is 0 Å². The number of thioether (sulfide) groups is 1. The molecule has 0 radical (unpaired) electrons. The van der Waals surface area contributed by atoms with Gasteiger partial charge in [0.1, 0.15) is 5.75 Å². The van der Waals surface area contributed by atoms with Crippen LogP contribution in [0.3, 0.4) is 0 Å². The van der Waals surface area contributed by atoms with Gasteiger partial charge in [-0.1, -0.05) is 72.4 Å². The number of aryl methyl sites for hydroxylation is 1. The third kappa shape index (κ3) is 4.14. The van der Waals surface area contributed by atoms with Gasteiger partial charge in [0, 0.05) is 23.5 Å². The summed E-state index contributed by atoms with van der Waals surface area (Å²) < 4.78 is 2.05. The van der Waals surface area contributed by atoms with Crippen molar-refractivity contribution in [2.75, 3.05) is 11.1 Å². The van der Waals surface area contributed by atoms with Crippen molar-refractivity contribution < 1.29 is 9.68 Å². The van der Waals surface area contributed by atoms with Crippen molar-refractivity contribution in [1.29, 1.82) is 0 Å². The van der Waals surface area contributed by atoms with Crippen LogP contribution in [0.25, 0.3) is 0 Å². The molecule has 3 aromatic rings. The minimum atomic E-state index is -1.09. The van der Waals surface area contributed by atoms with Crippen molar-refractivity contribution in [3.8, 4) is 0 Å². The Bertz CT molecular complexity index is 1030. The number of allylic oxidation sites excluding steroid dienone is 1. The summed E-state index contributed by atoms with van der Waals surface area (Å²) in [5, 5.41) is 16.2. The lowest BCUT2D eigenvalue weighted by atomic mass is 10.0. The molecule has 0 amide bonds. The van der Waals surface area contributed by atoms with Crippen LogP contribution in [0.5, 0.6) is 0 Å². The first-order valence-electron chi connectivity index (χ1n) is 9.69. The van der Waals surface area contributed by atoms with E-state index in [1.807, 2.05) is 60.7 Å². The van der Waals surface area contributed by atoms with E-state index in [1.54, 1.807) is 11.8 Å². The molecule has 2 N–H and O–H groups in total. The molecule has 1 aliphatic heterocycles. The lowest BCUT2D eigenvalue weighted by Gasteiger charge is -2.20. The third-order valence-corrected chi connectivity index (χ3v) is 6.25. The van der Waals surface area contributed by atoms with Gasteiger partial charge in [-0.3, -0.25) is 0 Å². The van der Waals surface area contributed by atoms with E-state index in [0.29, 0.717) is 12.2 Å². The molecular weight excluding hydrogens is 376 g/mol. The van der Waals surface area contributed by atoms with E-state index < -0.39 is 5.72 Å². The Kier molecular flexibility index (Phi) is 5.56. The SMILES string of the molecule is C=C(CC1=[N+](c2ccccc2)[C@](O)(c2ccccc2)CS1)Nc1ccc(C)cc1. The maximum absolute atomic E-state index is 11.7. The van der Waals surface area contributed by atoms with Crippen LogP contribution < -0.4 is 5.32 Å². The van der Waals surface area contributed by atoms with Gasteiger partial charge in [-0.2, -0.15) is 4.58 Å². The lowest BCUT2D eigenvalue weighted by Crippen LogP contribution is -2.37. The van der Waals surface area contributed by atoms with Gasteiger partial charge in [-0.15, -0.1) is 0 Å². The number of hydrogen-bond acceptors (Lipinski definition) is 3. The van der Waals surface area contributed by atoms with Crippen molar-refractivity contribution in [2.45, 2.75) is 19.1 Å². The van der Waals surface area contributed by atoms with Gasteiger partial charge in [-0.25, -0.2) is 0 Å². The highest BCUT2D eigenvalue weighted by molar-refractivity contribution is 8.13. The minimum absolute atomic E-state index is 0.569. The molecule has 0 unspecified atom stereocenters. The lowest BCUT2D eigenvalue weighted by molar-refractivity contribution is -0.593. The zero-order valence-corrected chi connectivity index (χ0v) is 17.3. The molecule has 1 atom stereocenters. The first-order chi connectivity index (χ1) is 14.1. The molecule has 1 heterocycles. The maximum atomic E-state index is 11.7. The standard InChI is InChI=1S/C25H25N2OS/c1-19-13-15-22(16-14-19)26-20(2)17-24-27(23-11-7-4-8-12-23)25(28,18-29-24)21-9-5-3-6-10-21/h3-16,26,28H,2,17-18H2,1H3/q+1/t25-/m1/s1. The molecule has 4 rings (SSSR count). The molecule has 0 saturated carbocycles. The number of nitrogens with zero attached hydrogens (tertiary/aromatic N) is 1. The average Bonchev–Trinajstić information content (AvgIpc) is 3.08. The normalized spacial score (nSPS) is 18.7. The second kappa shape index (κ2) is 8.27. The number of anilines is 1. The summed E-state index contributed by atoms with van der Waals surface area (Å²) >= 11 is 1.68. The molecule has 0 bridgehead atoms. The fourth-order valence-corrected chi connectivity index (χ4v) is 4.89. The van der Waals surface area contributed by atoms with Gasteiger partial charge in [0.2, 0.25) is 10.7 Å². The van der Waals surface area contributed by atoms with E-state index in [9.17, 15) is 5.11 Å². The zero-order chi connectivity index (χ0) is 20.3. The molecule has 0 aliphatic carbocycles. The summed E-state index contributed by atoms with van der Waals surface area (Å²) in [5.74, 6) is 0.569. The third-order valence-electron chi connectivity index (χ3n) is 5.05. The molecule has 0 spiro atoms. The summed E-state index contributed by atoms with van der Waals surface area (Å²) in [6.07, 6.45) is 0.641. The number of rotatable bonds is 6. The molecule has 0 aromatic heterocycles. The first kappa shape index (κ1) is 19.5. The van der Waals surface area contributed by atoms with Crippen LogP contribution in [0.1, 0.15) is 17.5 Å². The molecule has 1 aliphatic rings. The number of aliphatic hydroxyl groups is 1. The van der Waals surface area contributed by atoms with Gasteiger partial charge in [0.25, 0.3) is 0 Å². The molecule has 3 aromatic carbocycles. The van der Waals surface area contributed by atoms with Crippen LogP contribution >= 0.6 is 11.8 Å². The molecule has 29 heavy (non-hydrogen) atoms. The largest absolute Gasteiger partial charge is 0.359 e. The summed E-state index contributed by atoms with van der Waals surface area (Å²) in [6.45, 7) is 6.31.